The van der Waals surface area contributed by atoms with Gasteiger partial charge in [-0.05, 0) is 85.7 Å². The fraction of sp³-hybridized carbons (Fsp3) is 0.875. The summed E-state index contributed by atoms with van der Waals surface area (Å²) >= 11 is 1.98. The van der Waals surface area contributed by atoms with E-state index in [1.807, 2.05) is 11.8 Å². The van der Waals surface area contributed by atoms with Crippen LogP contribution in [0.2, 0.25) is 0 Å². The Morgan fingerprint density at radius 2 is 1.89 bits per heavy atom. The predicted octanol–water partition coefficient (Wildman–Crippen LogP) is 5.78. The molecule has 4 aliphatic rings. The third kappa shape index (κ3) is 3.16. The minimum absolute atomic E-state index is 0.0911. The second kappa shape index (κ2) is 7.52. The van der Waals surface area contributed by atoms with Gasteiger partial charge in [-0.1, -0.05) is 32.8 Å². The topological polar surface area (TPSA) is 37.3 Å². The lowest BCUT2D eigenvalue weighted by Crippen LogP contribution is -2.51. The summed E-state index contributed by atoms with van der Waals surface area (Å²) in [5, 5.41) is 10.6. The number of fused-ring (bicyclic) bond motifs is 5. The summed E-state index contributed by atoms with van der Waals surface area (Å²) in [5.41, 5.74) is 3.16. The van der Waals surface area contributed by atoms with Crippen molar-refractivity contribution in [3.05, 3.63) is 11.1 Å². The van der Waals surface area contributed by atoms with Gasteiger partial charge in [-0.15, -0.1) is 0 Å². The smallest absolute Gasteiger partial charge is 0.159 e. The molecule has 0 bridgehead atoms. The van der Waals surface area contributed by atoms with Gasteiger partial charge in [0, 0.05) is 17.7 Å². The molecule has 0 radical (unpaired) electrons. The van der Waals surface area contributed by atoms with Crippen molar-refractivity contribution in [2.24, 2.45) is 28.6 Å². The highest BCUT2D eigenvalue weighted by atomic mass is 32.2. The van der Waals surface area contributed by atoms with Crippen LogP contribution >= 0.6 is 11.8 Å². The van der Waals surface area contributed by atoms with E-state index in [1.54, 1.807) is 5.57 Å². The lowest BCUT2D eigenvalue weighted by Gasteiger charge is -2.58. The molecule has 1 N–H and O–H groups in total. The number of carbonyl (C=O) groups is 1. The zero-order chi connectivity index (χ0) is 19.2. The Kier molecular flexibility index (Phi) is 5.57. The molecule has 6 atom stereocenters. The monoisotopic (exact) mass is 390 g/mol. The summed E-state index contributed by atoms with van der Waals surface area (Å²) in [6.45, 7) is 7.10. The standard InChI is InChI=1S/C24H38O2S/c1-4-5-14-27-15-17-19-7-6-16-18-8-9-22(26)24(18,3)12-10-20(16)23(19,2)13-11-21(17)25/h16,18,20,22,26H,4-15H2,1-3H3/t16-,18-,20-,22-,23-,24-/m0/s1. The Morgan fingerprint density at radius 1 is 1.07 bits per heavy atom. The van der Waals surface area contributed by atoms with Crippen molar-refractivity contribution < 1.29 is 9.90 Å². The van der Waals surface area contributed by atoms with Crippen LogP contribution in [0.4, 0.5) is 0 Å². The van der Waals surface area contributed by atoms with Crippen molar-refractivity contribution in [3.8, 4) is 0 Å². The van der Waals surface area contributed by atoms with Gasteiger partial charge in [0.25, 0.3) is 0 Å². The first-order valence-corrected chi connectivity index (χ1v) is 12.6. The van der Waals surface area contributed by atoms with Crippen molar-refractivity contribution in [2.75, 3.05) is 11.5 Å². The molecule has 0 unspecified atom stereocenters. The van der Waals surface area contributed by atoms with Gasteiger partial charge in [0.05, 0.1) is 6.10 Å². The molecule has 0 aromatic carbocycles. The van der Waals surface area contributed by atoms with Gasteiger partial charge in [0.15, 0.2) is 5.78 Å². The van der Waals surface area contributed by atoms with E-state index in [9.17, 15) is 9.90 Å². The molecule has 2 nitrogen and oxygen atoms in total. The number of rotatable bonds is 5. The second-order valence-electron chi connectivity index (χ2n) is 10.3. The van der Waals surface area contributed by atoms with Crippen LogP contribution in [0.15, 0.2) is 11.1 Å². The van der Waals surface area contributed by atoms with Crippen LogP contribution in [0.5, 0.6) is 0 Å². The van der Waals surface area contributed by atoms with Crippen molar-refractivity contribution in [1.82, 2.24) is 0 Å². The van der Waals surface area contributed by atoms with E-state index in [1.165, 1.54) is 49.9 Å². The number of Topliss-reactive ketones (excluding diaryl/α,β-unsaturated/α-hetero) is 1. The number of thioether (sulfide) groups is 1. The van der Waals surface area contributed by atoms with E-state index < -0.39 is 0 Å². The van der Waals surface area contributed by atoms with E-state index in [0.717, 1.165) is 43.3 Å². The maximum Gasteiger partial charge on any atom is 0.159 e. The fourth-order valence-corrected chi connectivity index (χ4v) is 8.56. The lowest BCUT2D eigenvalue weighted by molar-refractivity contribution is -0.119. The molecule has 0 heterocycles. The molecule has 27 heavy (non-hydrogen) atoms. The molecule has 0 saturated heterocycles. The molecule has 0 amide bonds. The third-order valence-electron chi connectivity index (χ3n) is 9.08. The highest BCUT2D eigenvalue weighted by Gasteiger charge is 2.59. The zero-order valence-corrected chi connectivity index (χ0v) is 18.4. The molecule has 0 aromatic heterocycles. The van der Waals surface area contributed by atoms with E-state index in [2.05, 4.69) is 20.8 Å². The molecule has 3 heteroatoms. The molecule has 152 valence electrons. The van der Waals surface area contributed by atoms with E-state index in [4.69, 9.17) is 0 Å². The molecule has 0 aliphatic heterocycles. The van der Waals surface area contributed by atoms with Crippen LogP contribution in [0.1, 0.15) is 85.0 Å². The molecule has 4 rings (SSSR count). The molecule has 3 fully saturated rings. The Balaban J connectivity index is 1.59. The molecule has 4 aliphatic carbocycles. The first kappa shape index (κ1) is 20.0. The number of aliphatic hydroxyl groups is 1. The lowest BCUT2D eigenvalue weighted by atomic mass is 9.47. The van der Waals surface area contributed by atoms with Crippen molar-refractivity contribution in [2.45, 2.75) is 91.1 Å². The van der Waals surface area contributed by atoms with Gasteiger partial charge < -0.3 is 5.11 Å². The SMILES string of the molecule is CCCCSCC1=C2CC[C@H]3[C@@H]4CC[C@H](O)[C@@]4(C)CC[C@@H]3[C@@]2(C)CCC1=O. The minimum atomic E-state index is -0.0911. The summed E-state index contributed by atoms with van der Waals surface area (Å²) in [7, 11) is 0. The minimum Gasteiger partial charge on any atom is -0.393 e. The molecule has 3 saturated carbocycles. The number of allylic oxidation sites excluding steroid dienone is 1. The number of hydrogen-bond acceptors (Lipinski definition) is 3. The highest BCUT2D eigenvalue weighted by Crippen LogP contribution is 2.65. The van der Waals surface area contributed by atoms with Gasteiger partial charge >= 0.3 is 0 Å². The Hall–Kier alpha value is -0.280. The fourth-order valence-electron chi connectivity index (χ4n) is 7.39. The van der Waals surface area contributed by atoms with Gasteiger partial charge in [-0.2, -0.15) is 11.8 Å². The largest absolute Gasteiger partial charge is 0.393 e. The quantitative estimate of drug-likeness (QED) is 0.604. The van der Waals surface area contributed by atoms with Crippen molar-refractivity contribution >= 4 is 17.5 Å². The Labute approximate surface area is 169 Å². The average Bonchev–Trinajstić information content (AvgIpc) is 2.96. The van der Waals surface area contributed by atoms with Gasteiger partial charge in [0.1, 0.15) is 0 Å². The van der Waals surface area contributed by atoms with E-state index in [0.29, 0.717) is 11.7 Å². The second-order valence-corrected chi connectivity index (χ2v) is 11.4. The summed E-state index contributed by atoms with van der Waals surface area (Å²) in [6.07, 6.45) is 11.3. The van der Waals surface area contributed by atoms with Crippen LogP contribution in [0.25, 0.3) is 0 Å². The van der Waals surface area contributed by atoms with Crippen LogP contribution < -0.4 is 0 Å². The van der Waals surface area contributed by atoms with Crippen LogP contribution in [0, 0.1) is 28.6 Å². The summed E-state index contributed by atoms with van der Waals surface area (Å²) in [6, 6.07) is 0. The van der Waals surface area contributed by atoms with Crippen LogP contribution in [0.3, 0.4) is 0 Å². The Bertz CT molecular complexity index is 626. The number of hydrogen-bond donors (Lipinski definition) is 1. The van der Waals surface area contributed by atoms with E-state index >= 15 is 0 Å². The zero-order valence-electron chi connectivity index (χ0n) is 17.6. The molecular formula is C24H38O2S. The number of ketones is 1. The first-order chi connectivity index (χ1) is 12.9. The normalized spacial score (nSPS) is 44.1. The maximum atomic E-state index is 12.8. The average molecular weight is 391 g/mol. The molecule has 0 spiro atoms. The van der Waals surface area contributed by atoms with Crippen LogP contribution in [-0.2, 0) is 4.79 Å². The third-order valence-corrected chi connectivity index (χ3v) is 10.2. The predicted molar refractivity (Wildman–Crippen MR) is 114 cm³/mol. The van der Waals surface area contributed by atoms with Gasteiger partial charge in [0.2, 0.25) is 0 Å². The van der Waals surface area contributed by atoms with Gasteiger partial charge in [-0.3, -0.25) is 4.79 Å². The summed E-state index contributed by atoms with van der Waals surface area (Å²) in [4.78, 5) is 12.8. The van der Waals surface area contributed by atoms with Crippen LogP contribution in [-0.4, -0.2) is 28.5 Å². The molecular weight excluding hydrogens is 352 g/mol. The van der Waals surface area contributed by atoms with E-state index in [-0.39, 0.29) is 16.9 Å². The number of aliphatic hydroxyl groups excluding tert-OH is 1. The molecule has 0 aromatic rings. The Morgan fingerprint density at radius 3 is 2.67 bits per heavy atom. The number of unbranched alkanes of at least 4 members (excludes halogenated alkanes) is 1. The summed E-state index contributed by atoms with van der Waals surface area (Å²) in [5.74, 6) is 4.76. The summed E-state index contributed by atoms with van der Waals surface area (Å²) < 4.78 is 0. The highest BCUT2D eigenvalue weighted by molar-refractivity contribution is 7.99. The van der Waals surface area contributed by atoms with Gasteiger partial charge in [-0.25, -0.2) is 0 Å². The van der Waals surface area contributed by atoms with Crippen molar-refractivity contribution in [1.29, 1.82) is 0 Å². The first-order valence-electron chi connectivity index (χ1n) is 11.4. The number of carbonyl (C=O) groups excluding carboxylic acids is 1. The maximum absolute atomic E-state index is 12.8. The van der Waals surface area contributed by atoms with Crippen molar-refractivity contribution in [3.63, 3.8) is 0 Å².